The number of rotatable bonds is 14. The van der Waals surface area contributed by atoms with Gasteiger partial charge in [0.25, 0.3) is 0 Å². The van der Waals surface area contributed by atoms with Crippen LogP contribution >= 0.6 is 0 Å². The molecule has 0 saturated carbocycles. The van der Waals surface area contributed by atoms with E-state index >= 15 is 0 Å². The number of carbonyl (C=O) groups excluding carboxylic acids is 1. The van der Waals surface area contributed by atoms with Crippen molar-refractivity contribution >= 4 is 5.97 Å². The van der Waals surface area contributed by atoms with Crippen molar-refractivity contribution in [2.75, 3.05) is 6.61 Å². The van der Waals surface area contributed by atoms with Crippen molar-refractivity contribution in [1.29, 1.82) is 5.41 Å². The Hall–Kier alpha value is -1.93. The van der Waals surface area contributed by atoms with Crippen LogP contribution in [0.1, 0.15) is 90.2 Å². The summed E-state index contributed by atoms with van der Waals surface area (Å²) in [5.41, 5.74) is 0.0926. The second kappa shape index (κ2) is 12.2. The Morgan fingerprint density at radius 3 is 2.42 bits per heavy atom. The Morgan fingerprint density at radius 1 is 1.13 bits per heavy atom. The summed E-state index contributed by atoms with van der Waals surface area (Å²) < 4.78 is 18.9. The maximum absolute atomic E-state index is 12.4. The number of nitrogens with zero attached hydrogens (tertiary/aromatic N) is 2. The molecule has 2 aliphatic rings. The van der Waals surface area contributed by atoms with E-state index in [1.807, 2.05) is 0 Å². The summed E-state index contributed by atoms with van der Waals surface area (Å²) in [5, 5.41) is 17.3. The molecule has 2 aliphatic heterocycles. The second-order valence-electron chi connectivity index (χ2n) is 8.57. The van der Waals surface area contributed by atoms with Crippen LogP contribution in [0.4, 0.5) is 0 Å². The van der Waals surface area contributed by atoms with E-state index in [2.05, 4.69) is 11.9 Å². The maximum Gasteiger partial charge on any atom is 0.306 e. The number of esters is 1. The normalized spacial score (nSPS) is 23.9. The minimum absolute atomic E-state index is 0.0926. The Balaban J connectivity index is 1.33. The van der Waals surface area contributed by atoms with Crippen LogP contribution in [0.15, 0.2) is 12.3 Å². The number of hydrogen-bond donors (Lipinski definition) is 2. The monoisotopic (exact) mass is 435 g/mol. The quantitative estimate of drug-likeness (QED) is 0.341. The molecule has 8 heteroatoms. The van der Waals surface area contributed by atoms with Crippen LogP contribution in [0, 0.1) is 5.41 Å². The molecule has 31 heavy (non-hydrogen) atoms. The highest BCUT2D eigenvalue weighted by atomic mass is 16.7. The zero-order valence-corrected chi connectivity index (χ0v) is 18.6. The SMILES string of the molecule is CCCCCCCCCCCCCC(=O)O[C@H]1[C@@H]2Oc3nc(=N)ccn3[C@@H]2O[C@@H]1CO. The van der Waals surface area contributed by atoms with Gasteiger partial charge < -0.3 is 19.3 Å². The number of aliphatic hydroxyl groups excluding tert-OH is 1. The fourth-order valence-corrected chi connectivity index (χ4v) is 4.31. The lowest BCUT2D eigenvalue weighted by Crippen LogP contribution is -2.39. The summed E-state index contributed by atoms with van der Waals surface area (Å²) in [5.74, 6) is -0.290. The first-order chi connectivity index (χ1) is 15.1. The zero-order valence-electron chi connectivity index (χ0n) is 18.6. The van der Waals surface area contributed by atoms with E-state index in [1.165, 1.54) is 51.4 Å². The molecular formula is C23H37N3O5. The first-order valence-corrected chi connectivity index (χ1v) is 11.9. The third kappa shape index (κ3) is 6.53. The van der Waals surface area contributed by atoms with E-state index in [4.69, 9.17) is 19.6 Å². The highest BCUT2D eigenvalue weighted by Crippen LogP contribution is 2.40. The smallest absolute Gasteiger partial charge is 0.306 e. The first-order valence-electron chi connectivity index (χ1n) is 11.9. The van der Waals surface area contributed by atoms with Crippen molar-refractivity contribution in [2.24, 2.45) is 0 Å². The van der Waals surface area contributed by atoms with Gasteiger partial charge in [0.05, 0.1) is 6.61 Å². The third-order valence-electron chi connectivity index (χ3n) is 6.06. The zero-order chi connectivity index (χ0) is 22.1. The Kier molecular flexibility index (Phi) is 9.33. The molecule has 174 valence electrons. The standard InChI is InChI=1S/C23H37N3O5/c1-2-3-4-5-6-7-8-9-10-11-12-13-19(28)30-20-17(16-27)29-22-21(20)31-23-25-18(24)14-15-26(22)23/h14-15,17,20-22,24,27H,2-13,16H2,1H3/t17-,20-,21+,22-/m1/s1. The highest BCUT2D eigenvalue weighted by molar-refractivity contribution is 5.69. The lowest BCUT2D eigenvalue weighted by atomic mass is 10.1. The van der Waals surface area contributed by atoms with Gasteiger partial charge in [-0.1, -0.05) is 71.1 Å². The minimum atomic E-state index is -0.689. The van der Waals surface area contributed by atoms with E-state index in [-0.39, 0.29) is 24.1 Å². The average Bonchev–Trinajstić information content (AvgIpc) is 3.27. The van der Waals surface area contributed by atoms with Crippen LogP contribution in [-0.4, -0.2) is 45.5 Å². The van der Waals surface area contributed by atoms with Gasteiger partial charge in [-0.3, -0.25) is 14.8 Å². The topological polar surface area (TPSA) is 107 Å². The summed E-state index contributed by atoms with van der Waals surface area (Å²) in [4.78, 5) is 16.4. The summed E-state index contributed by atoms with van der Waals surface area (Å²) >= 11 is 0. The average molecular weight is 436 g/mol. The number of hydrogen-bond acceptors (Lipinski definition) is 7. The van der Waals surface area contributed by atoms with Crippen molar-refractivity contribution in [2.45, 2.75) is 109 Å². The molecule has 2 N–H and O–H groups in total. The molecule has 1 saturated heterocycles. The van der Waals surface area contributed by atoms with Crippen molar-refractivity contribution < 1.29 is 24.1 Å². The first kappa shape index (κ1) is 23.7. The number of ether oxygens (including phenoxy) is 3. The van der Waals surface area contributed by atoms with Crippen molar-refractivity contribution in [3.63, 3.8) is 0 Å². The van der Waals surface area contributed by atoms with Gasteiger partial charge in [-0.2, -0.15) is 4.98 Å². The summed E-state index contributed by atoms with van der Waals surface area (Å²) in [6.07, 6.45) is 13.1. The molecule has 0 bridgehead atoms. The van der Waals surface area contributed by atoms with E-state index in [9.17, 15) is 9.90 Å². The van der Waals surface area contributed by atoms with Crippen LogP contribution in [0.3, 0.4) is 0 Å². The second-order valence-corrected chi connectivity index (χ2v) is 8.57. The highest BCUT2D eigenvalue weighted by Gasteiger charge is 2.53. The molecule has 4 atom stereocenters. The molecule has 8 nitrogen and oxygen atoms in total. The molecule has 0 radical (unpaired) electrons. The number of fused-ring (bicyclic) bond motifs is 3. The molecule has 1 aromatic heterocycles. The van der Waals surface area contributed by atoms with Crippen LogP contribution < -0.4 is 10.2 Å². The minimum Gasteiger partial charge on any atom is -0.455 e. The van der Waals surface area contributed by atoms with E-state index in [1.54, 1.807) is 16.8 Å². The van der Waals surface area contributed by atoms with Crippen LogP contribution in [0.5, 0.6) is 6.01 Å². The number of aromatic nitrogens is 2. The summed E-state index contributed by atoms with van der Waals surface area (Å²) in [6.45, 7) is 1.98. The predicted octanol–water partition coefficient (Wildman–Crippen LogP) is 3.63. The molecule has 0 amide bonds. The molecule has 3 rings (SSSR count). The number of unbranched alkanes of at least 4 members (excludes halogenated alkanes) is 10. The van der Waals surface area contributed by atoms with Gasteiger partial charge in [-0.05, 0) is 12.5 Å². The van der Waals surface area contributed by atoms with Gasteiger partial charge in [0.15, 0.2) is 23.9 Å². The lowest BCUT2D eigenvalue weighted by Gasteiger charge is -2.20. The Bertz CT molecular complexity index is 753. The molecule has 0 spiro atoms. The molecule has 0 aliphatic carbocycles. The summed E-state index contributed by atoms with van der Waals surface area (Å²) in [7, 11) is 0. The Morgan fingerprint density at radius 2 is 1.77 bits per heavy atom. The van der Waals surface area contributed by atoms with Gasteiger partial charge in [0, 0.05) is 12.6 Å². The fourth-order valence-electron chi connectivity index (χ4n) is 4.31. The number of nitrogens with one attached hydrogen (secondary N) is 1. The number of carbonyl (C=O) groups is 1. The lowest BCUT2D eigenvalue weighted by molar-refractivity contribution is -0.156. The largest absolute Gasteiger partial charge is 0.455 e. The fraction of sp³-hybridized carbons (Fsp3) is 0.783. The van der Waals surface area contributed by atoms with Gasteiger partial charge in [-0.15, -0.1) is 0 Å². The molecule has 3 heterocycles. The third-order valence-corrected chi connectivity index (χ3v) is 6.06. The maximum atomic E-state index is 12.4. The predicted molar refractivity (Wildman–Crippen MR) is 114 cm³/mol. The van der Waals surface area contributed by atoms with E-state index in [0.717, 1.165) is 19.3 Å². The molecule has 1 fully saturated rings. The van der Waals surface area contributed by atoms with Crippen molar-refractivity contribution in [1.82, 2.24) is 9.55 Å². The van der Waals surface area contributed by atoms with Crippen LogP contribution in [0.2, 0.25) is 0 Å². The molecule has 1 aromatic rings. The van der Waals surface area contributed by atoms with E-state index in [0.29, 0.717) is 6.42 Å². The van der Waals surface area contributed by atoms with Gasteiger partial charge in [-0.25, -0.2) is 0 Å². The molecule has 0 aromatic carbocycles. The molecular weight excluding hydrogens is 398 g/mol. The number of aliphatic hydroxyl groups is 1. The Labute approximate surface area is 184 Å². The molecule has 0 unspecified atom stereocenters. The van der Waals surface area contributed by atoms with Crippen LogP contribution in [-0.2, 0) is 14.3 Å². The van der Waals surface area contributed by atoms with Crippen molar-refractivity contribution in [3.8, 4) is 6.01 Å². The van der Waals surface area contributed by atoms with Crippen LogP contribution in [0.25, 0.3) is 0 Å². The van der Waals surface area contributed by atoms with Crippen molar-refractivity contribution in [3.05, 3.63) is 17.8 Å². The van der Waals surface area contributed by atoms with Gasteiger partial charge in [0.1, 0.15) is 6.10 Å². The van der Waals surface area contributed by atoms with E-state index < -0.39 is 24.5 Å². The summed E-state index contributed by atoms with van der Waals surface area (Å²) in [6, 6.07) is 1.81. The van der Waals surface area contributed by atoms with Gasteiger partial charge >= 0.3 is 12.0 Å². The van der Waals surface area contributed by atoms with Gasteiger partial charge in [0.2, 0.25) is 0 Å².